The molecule has 1 aliphatic rings. The van der Waals surface area contributed by atoms with Gasteiger partial charge in [-0.15, -0.1) is 0 Å². The van der Waals surface area contributed by atoms with Crippen LogP contribution in [0, 0.1) is 0 Å². The molecule has 0 atom stereocenters. The summed E-state index contributed by atoms with van der Waals surface area (Å²) in [5.74, 6) is 0. The van der Waals surface area contributed by atoms with Gasteiger partial charge >= 0.3 is 0 Å². The van der Waals surface area contributed by atoms with E-state index in [4.69, 9.17) is 5.11 Å². The van der Waals surface area contributed by atoms with Crippen LogP contribution >= 0.6 is 11.8 Å². The van der Waals surface area contributed by atoms with E-state index in [1.807, 2.05) is 12.1 Å². The van der Waals surface area contributed by atoms with E-state index in [-0.39, 0.29) is 6.61 Å². The highest BCUT2D eigenvalue weighted by Crippen LogP contribution is 2.31. The second-order valence-corrected chi connectivity index (χ2v) is 5.64. The monoisotopic (exact) mass is 257 g/mol. The summed E-state index contributed by atoms with van der Waals surface area (Å²) >= 11 is 1.68. The van der Waals surface area contributed by atoms with Crippen molar-refractivity contribution in [2.24, 2.45) is 0 Å². The molecule has 0 bridgehead atoms. The molecule has 18 heavy (non-hydrogen) atoms. The minimum atomic E-state index is 0.0524. The maximum atomic E-state index is 8.98. The Morgan fingerprint density at radius 1 is 1.11 bits per heavy atom. The van der Waals surface area contributed by atoms with Crippen LogP contribution in [0.25, 0.3) is 0 Å². The SMILES string of the molecule is OCc1ccc(Sc2ccc3c(c2)CCC3)nc1. The Morgan fingerprint density at radius 3 is 2.78 bits per heavy atom. The molecule has 3 rings (SSSR count). The van der Waals surface area contributed by atoms with E-state index in [1.165, 1.54) is 35.3 Å². The van der Waals surface area contributed by atoms with E-state index in [0.717, 1.165) is 10.6 Å². The van der Waals surface area contributed by atoms with Crippen molar-refractivity contribution in [1.82, 2.24) is 4.98 Å². The first-order valence-electron chi connectivity index (χ1n) is 6.20. The summed E-state index contributed by atoms with van der Waals surface area (Å²) in [5.41, 5.74) is 3.85. The van der Waals surface area contributed by atoms with Gasteiger partial charge in [-0.2, -0.15) is 0 Å². The lowest BCUT2D eigenvalue weighted by molar-refractivity contribution is 0.281. The Balaban J connectivity index is 1.79. The molecule has 0 saturated carbocycles. The van der Waals surface area contributed by atoms with Crippen LogP contribution < -0.4 is 0 Å². The van der Waals surface area contributed by atoms with Crippen molar-refractivity contribution in [3.63, 3.8) is 0 Å². The normalized spacial score (nSPS) is 13.6. The van der Waals surface area contributed by atoms with E-state index in [1.54, 1.807) is 18.0 Å². The van der Waals surface area contributed by atoms with E-state index >= 15 is 0 Å². The average Bonchev–Trinajstić information content (AvgIpc) is 2.87. The van der Waals surface area contributed by atoms with Crippen LogP contribution in [0.5, 0.6) is 0 Å². The molecule has 0 spiro atoms. The summed E-state index contributed by atoms with van der Waals surface area (Å²) < 4.78 is 0. The Labute approximate surface area is 111 Å². The number of pyridine rings is 1. The van der Waals surface area contributed by atoms with Crippen LogP contribution in [0.4, 0.5) is 0 Å². The Hall–Kier alpha value is -1.32. The van der Waals surface area contributed by atoms with Crippen LogP contribution in [0.3, 0.4) is 0 Å². The first-order valence-corrected chi connectivity index (χ1v) is 7.02. The van der Waals surface area contributed by atoms with Gasteiger partial charge in [0.05, 0.1) is 6.61 Å². The molecule has 1 heterocycles. The smallest absolute Gasteiger partial charge is 0.101 e. The second-order valence-electron chi connectivity index (χ2n) is 4.55. The van der Waals surface area contributed by atoms with E-state index in [9.17, 15) is 0 Å². The third kappa shape index (κ3) is 2.42. The van der Waals surface area contributed by atoms with Gasteiger partial charge in [0, 0.05) is 11.1 Å². The third-order valence-corrected chi connectivity index (χ3v) is 4.21. The van der Waals surface area contributed by atoms with Gasteiger partial charge in [-0.25, -0.2) is 4.98 Å². The van der Waals surface area contributed by atoms with Crippen LogP contribution in [-0.4, -0.2) is 10.1 Å². The number of rotatable bonds is 3. The minimum absolute atomic E-state index is 0.0524. The highest BCUT2D eigenvalue weighted by molar-refractivity contribution is 7.99. The van der Waals surface area contributed by atoms with Gasteiger partial charge in [-0.1, -0.05) is 23.9 Å². The van der Waals surface area contributed by atoms with Crippen molar-refractivity contribution >= 4 is 11.8 Å². The van der Waals surface area contributed by atoms with Gasteiger partial charge in [-0.05, 0) is 54.2 Å². The lowest BCUT2D eigenvalue weighted by Crippen LogP contribution is -1.87. The molecule has 0 saturated heterocycles. The molecular formula is C15H15NOS. The van der Waals surface area contributed by atoms with Crippen LogP contribution in [-0.2, 0) is 19.4 Å². The zero-order valence-electron chi connectivity index (χ0n) is 10.1. The van der Waals surface area contributed by atoms with Crippen LogP contribution in [0.1, 0.15) is 23.1 Å². The zero-order chi connectivity index (χ0) is 12.4. The Bertz CT molecular complexity index is 551. The van der Waals surface area contributed by atoms with Crippen LogP contribution in [0.15, 0.2) is 46.5 Å². The predicted molar refractivity (Wildman–Crippen MR) is 72.7 cm³/mol. The lowest BCUT2D eigenvalue weighted by Gasteiger charge is -2.04. The number of benzene rings is 1. The number of aliphatic hydroxyl groups is 1. The van der Waals surface area contributed by atoms with Crippen molar-refractivity contribution < 1.29 is 5.11 Å². The van der Waals surface area contributed by atoms with Crippen molar-refractivity contribution in [1.29, 1.82) is 0 Å². The maximum absolute atomic E-state index is 8.98. The lowest BCUT2D eigenvalue weighted by atomic mass is 10.1. The third-order valence-electron chi connectivity index (χ3n) is 3.27. The topological polar surface area (TPSA) is 33.1 Å². The molecule has 3 heteroatoms. The molecule has 2 aromatic rings. The van der Waals surface area contributed by atoms with Crippen molar-refractivity contribution in [3.05, 3.63) is 53.2 Å². The number of aliphatic hydroxyl groups excluding tert-OH is 1. The largest absolute Gasteiger partial charge is 0.392 e. The molecule has 1 aromatic heterocycles. The summed E-state index contributed by atoms with van der Waals surface area (Å²) in [6, 6.07) is 10.6. The van der Waals surface area contributed by atoms with Crippen molar-refractivity contribution in [2.75, 3.05) is 0 Å². The molecule has 0 radical (unpaired) electrons. The molecule has 1 aromatic carbocycles. The van der Waals surface area contributed by atoms with Crippen molar-refractivity contribution in [3.8, 4) is 0 Å². The molecule has 92 valence electrons. The fourth-order valence-corrected chi connectivity index (χ4v) is 3.12. The summed E-state index contributed by atoms with van der Waals surface area (Å²) in [7, 11) is 0. The van der Waals surface area contributed by atoms with Gasteiger partial charge in [0.2, 0.25) is 0 Å². The van der Waals surface area contributed by atoms with Gasteiger partial charge in [0.25, 0.3) is 0 Å². The molecular weight excluding hydrogens is 242 g/mol. The summed E-state index contributed by atoms with van der Waals surface area (Å²) in [6.07, 6.45) is 5.45. The summed E-state index contributed by atoms with van der Waals surface area (Å²) in [5, 5.41) is 9.95. The Kier molecular flexibility index (Phi) is 3.35. The first-order chi connectivity index (χ1) is 8.85. The number of hydrogen-bond acceptors (Lipinski definition) is 3. The van der Waals surface area contributed by atoms with Gasteiger partial charge < -0.3 is 5.11 Å². The van der Waals surface area contributed by atoms with Gasteiger partial charge in [0.1, 0.15) is 5.03 Å². The van der Waals surface area contributed by atoms with E-state index in [0.29, 0.717) is 0 Å². The number of hydrogen-bond donors (Lipinski definition) is 1. The minimum Gasteiger partial charge on any atom is -0.392 e. The number of aromatic nitrogens is 1. The summed E-state index contributed by atoms with van der Waals surface area (Å²) in [6.45, 7) is 0.0524. The molecule has 2 nitrogen and oxygen atoms in total. The molecule has 0 aliphatic heterocycles. The second kappa shape index (κ2) is 5.12. The van der Waals surface area contributed by atoms with E-state index < -0.39 is 0 Å². The molecule has 0 amide bonds. The fourth-order valence-electron chi connectivity index (χ4n) is 2.30. The molecule has 0 unspecified atom stereocenters. The zero-order valence-corrected chi connectivity index (χ0v) is 10.9. The number of nitrogens with zero attached hydrogens (tertiary/aromatic N) is 1. The highest BCUT2D eigenvalue weighted by Gasteiger charge is 2.11. The molecule has 1 aliphatic carbocycles. The van der Waals surface area contributed by atoms with Crippen molar-refractivity contribution in [2.45, 2.75) is 35.8 Å². The quantitative estimate of drug-likeness (QED) is 0.916. The fraction of sp³-hybridized carbons (Fsp3) is 0.267. The average molecular weight is 257 g/mol. The van der Waals surface area contributed by atoms with Crippen LogP contribution in [0.2, 0.25) is 0 Å². The first kappa shape index (κ1) is 11.8. The van der Waals surface area contributed by atoms with Gasteiger partial charge in [0.15, 0.2) is 0 Å². The molecule has 1 N–H and O–H groups in total. The van der Waals surface area contributed by atoms with E-state index in [2.05, 4.69) is 23.2 Å². The summed E-state index contributed by atoms with van der Waals surface area (Å²) in [4.78, 5) is 5.59. The number of aryl methyl sites for hydroxylation is 2. The van der Waals surface area contributed by atoms with Gasteiger partial charge in [-0.3, -0.25) is 0 Å². The Morgan fingerprint density at radius 2 is 2.00 bits per heavy atom. The predicted octanol–water partition coefficient (Wildman–Crippen LogP) is 3.21. The maximum Gasteiger partial charge on any atom is 0.101 e. The highest BCUT2D eigenvalue weighted by atomic mass is 32.2. The number of fused-ring (bicyclic) bond motifs is 1. The standard InChI is InChI=1S/C15H15NOS/c17-10-11-4-7-15(16-9-11)18-14-6-5-12-2-1-3-13(12)8-14/h4-9,17H,1-3,10H2. The molecule has 0 fully saturated rings.